The lowest BCUT2D eigenvalue weighted by Crippen LogP contribution is -2.18. The van der Waals surface area contributed by atoms with Crippen LogP contribution in [-0.4, -0.2) is 50.8 Å². The number of benzene rings is 2. The van der Waals surface area contributed by atoms with Crippen molar-refractivity contribution in [2.24, 2.45) is 0 Å². The summed E-state index contributed by atoms with van der Waals surface area (Å²) in [7, 11) is 3.32. The molecule has 0 radical (unpaired) electrons. The van der Waals surface area contributed by atoms with Crippen LogP contribution in [-0.2, 0) is 16.0 Å². The lowest BCUT2D eigenvalue weighted by atomic mass is 10.1. The Bertz CT molecular complexity index is 1650. The zero-order chi connectivity index (χ0) is 28.6. The maximum absolute atomic E-state index is 9.44. The van der Waals surface area contributed by atoms with Gasteiger partial charge in [0.2, 0.25) is 5.95 Å². The van der Waals surface area contributed by atoms with Crippen molar-refractivity contribution in [3.63, 3.8) is 0 Å². The number of methoxy groups -OCH3 is 2. The van der Waals surface area contributed by atoms with E-state index in [9.17, 15) is 5.26 Å². The minimum atomic E-state index is -0.182. The van der Waals surface area contributed by atoms with E-state index in [-0.39, 0.29) is 12.1 Å². The molecule has 2 unspecified atom stereocenters. The van der Waals surface area contributed by atoms with Crippen molar-refractivity contribution in [3.05, 3.63) is 108 Å². The Morgan fingerprint density at radius 2 is 1.71 bits per heavy atom. The van der Waals surface area contributed by atoms with Crippen LogP contribution in [0, 0.1) is 11.3 Å². The van der Waals surface area contributed by atoms with E-state index in [0.717, 1.165) is 22.5 Å². The van der Waals surface area contributed by atoms with E-state index in [0.29, 0.717) is 41.7 Å². The van der Waals surface area contributed by atoms with Gasteiger partial charge in [0.05, 0.1) is 65.9 Å². The lowest BCUT2D eigenvalue weighted by molar-refractivity contribution is 0.116. The number of anilines is 1. The van der Waals surface area contributed by atoms with Gasteiger partial charge in [0, 0.05) is 19.8 Å². The summed E-state index contributed by atoms with van der Waals surface area (Å²) in [4.78, 5) is 14.3. The first kappa shape index (κ1) is 27.6. The number of rotatable bonds is 11. The van der Waals surface area contributed by atoms with Crippen molar-refractivity contribution in [2.45, 2.75) is 25.6 Å². The van der Waals surface area contributed by atoms with Crippen LogP contribution in [0.15, 0.2) is 85.1 Å². The molecule has 0 saturated heterocycles. The van der Waals surface area contributed by atoms with Crippen LogP contribution in [0.2, 0.25) is 0 Å². The van der Waals surface area contributed by atoms with Crippen LogP contribution >= 0.6 is 0 Å². The number of ether oxygens (including phenoxy) is 2. The molecule has 206 valence electrons. The van der Waals surface area contributed by atoms with Crippen LogP contribution in [0.1, 0.15) is 41.6 Å². The van der Waals surface area contributed by atoms with E-state index in [2.05, 4.69) is 21.7 Å². The van der Waals surface area contributed by atoms with Gasteiger partial charge < -0.3 is 14.8 Å². The fourth-order valence-corrected chi connectivity index (χ4v) is 4.36. The molecule has 41 heavy (non-hydrogen) atoms. The van der Waals surface area contributed by atoms with Crippen molar-refractivity contribution >= 4 is 5.95 Å². The van der Waals surface area contributed by atoms with Crippen LogP contribution in [0.3, 0.4) is 0 Å². The van der Waals surface area contributed by atoms with Gasteiger partial charge in [-0.1, -0.05) is 53.7 Å². The summed E-state index contributed by atoms with van der Waals surface area (Å²) in [6, 6.07) is 27.0. The molecule has 0 aliphatic rings. The van der Waals surface area contributed by atoms with Crippen molar-refractivity contribution < 1.29 is 9.47 Å². The van der Waals surface area contributed by atoms with Gasteiger partial charge in [0.25, 0.3) is 0 Å². The third kappa shape index (κ3) is 6.78. The highest BCUT2D eigenvalue weighted by molar-refractivity contribution is 5.68. The Morgan fingerprint density at radius 3 is 2.49 bits per heavy atom. The molecule has 0 spiro atoms. The molecule has 0 bridgehead atoms. The van der Waals surface area contributed by atoms with Gasteiger partial charge in [-0.3, -0.25) is 4.98 Å². The maximum atomic E-state index is 9.44. The smallest absolute Gasteiger partial charge is 0.224 e. The summed E-state index contributed by atoms with van der Waals surface area (Å²) >= 11 is 0. The van der Waals surface area contributed by atoms with Gasteiger partial charge in [-0.15, -0.1) is 5.10 Å². The van der Waals surface area contributed by atoms with E-state index in [1.165, 1.54) is 0 Å². The average molecular weight is 547 g/mol. The minimum absolute atomic E-state index is 0.107. The van der Waals surface area contributed by atoms with Gasteiger partial charge in [-0.25, -0.2) is 14.6 Å². The molecule has 0 aliphatic heterocycles. The van der Waals surface area contributed by atoms with Crippen molar-refractivity contribution in [1.29, 1.82) is 5.26 Å². The van der Waals surface area contributed by atoms with Gasteiger partial charge in [0.15, 0.2) is 0 Å². The average Bonchev–Trinajstić information content (AvgIpc) is 3.49. The van der Waals surface area contributed by atoms with Crippen LogP contribution < -0.4 is 5.32 Å². The first-order chi connectivity index (χ1) is 20.1. The summed E-state index contributed by atoms with van der Waals surface area (Å²) in [5.41, 5.74) is 5.89. The second-order valence-electron chi connectivity index (χ2n) is 9.45. The number of pyridine rings is 1. The number of nitrogens with one attached hydrogen (secondary N) is 1. The number of hydrogen-bond acceptors (Lipinski definition) is 9. The van der Waals surface area contributed by atoms with Crippen LogP contribution in [0.4, 0.5) is 5.95 Å². The number of nitriles is 1. The third-order valence-electron chi connectivity index (χ3n) is 6.58. The Kier molecular flexibility index (Phi) is 8.69. The van der Waals surface area contributed by atoms with E-state index >= 15 is 0 Å². The first-order valence-corrected chi connectivity index (χ1v) is 13.2. The zero-order valence-corrected chi connectivity index (χ0v) is 23.1. The molecule has 0 fully saturated rings. The normalized spacial score (nSPS) is 12.4. The summed E-state index contributed by atoms with van der Waals surface area (Å²) < 4.78 is 12.6. The summed E-state index contributed by atoms with van der Waals surface area (Å²) in [5, 5.41) is 21.6. The molecule has 0 amide bonds. The second kappa shape index (κ2) is 12.9. The summed E-state index contributed by atoms with van der Waals surface area (Å²) in [6.45, 7) is 2.81. The van der Waals surface area contributed by atoms with Crippen LogP contribution in [0.5, 0.6) is 0 Å². The van der Waals surface area contributed by atoms with Gasteiger partial charge in [0.1, 0.15) is 5.69 Å². The molecule has 10 nitrogen and oxygen atoms in total. The molecule has 2 aromatic carbocycles. The zero-order valence-electron chi connectivity index (χ0n) is 23.1. The van der Waals surface area contributed by atoms with Gasteiger partial charge in [-0.2, -0.15) is 5.26 Å². The molecule has 0 saturated carbocycles. The molecule has 5 aromatic rings. The SMILES string of the molecule is COCC(Nc1nc(-c2cccc(C#N)c2)cc(-c2cn(Cc3cccc(C(C)OC)n3)nn2)n1)c1ccccc1. The van der Waals surface area contributed by atoms with E-state index in [4.69, 9.17) is 24.4 Å². The monoisotopic (exact) mass is 546 g/mol. The van der Waals surface area contributed by atoms with E-state index in [1.54, 1.807) is 31.0 Å². The number of aromatic nitrogens is 6. The predicted molar refractivity (Wildman–Crippen MR) is 155 cm³/mol. The quantitative estimate of drug-likeness (QED) is 0.237. The molecule has 3 aromatic heterocycles. The molecule has 10 heteroatoms. The van der Waals surface area contributed by atoms with Crippen molar-refractivity contribution in [3.8, 4) is 28.7 Å². The Balaban J connectivity index is 1.50. The molecular formula is C31H30N8O2. The Labute approximate surface area is 238 Å². The first-order valence-electron chi connectivity index (χ1n) is 13.2. The van der Waals surface area contributed by atoms with E-state index < -0.39 is 0 Å². The van der Waals surface area contributed by atoms with Crippen molar-refractivity contribution in [1.82, 2.24) is 29.9 Å². The molecule has 1 N–H and O–H groups in total. The fourth-order valence-electron chi connectivity index (χ4n) is 4.36. The van der Waals surface area contributed by atoms with Crippen molar-refractivity contribution in [2.75, 3.05) is 26.1 Å². The van der Waals surface area contributed by atoms with Gasteiger partial charge in [-0.05, 0) is 42.8 Å². The predicted octanol–water partition coefficient (Wildman–Crippen LogP) is 5.22. The highest BCUT2D eigenvalue weighted by Crippen LogP contribution is 2.27. The largest absolute Gasteiger partial charge is 0.382 e. The highest BCUT2D eigenvalue weighted by atomic mass is 16.5. The maximum Gasteiger partial charge on any atom is 0.224 e. The van der Waals surface area contributed by atoms with Gasteiger partial charge >= 0.3 is 0 Å². The summed E-state index contributed by atoms with van der Waals surface area (Å²) in [6.07, 6.45) is 1.73. The second-order valence-corrected chi connectivity index (χ2v) is 9.45. The summed E-state index contributed by atoms with van der Waals surface area (Å²) in [5.74, 6) is 0.406. The number of nitrogens with zero attached hydrogens (tertiary/aromatic N) is 7. The fraction of sp³-hybridized carbons (Fsp3) is 0.226. The Morgan fingerprint density at radius 1 is 0.902 bits per heavy atom. The molecule has 3 heterocycles. The lowest BCUT2D eigenvalue weighted by Gasteiger charge is -2.19. The van der Waals surface area contributed by atoms with E-state index in [1.807, 2.05) is 79.9 Å². The highest BCUT2D eigenvalue weighted by Gasteiger charge is 2.17. The molecular weight excluding hydrogens is 516 g/mol. The standard InChI is InChI=1S/C31H30N8O2/c1-21(41-3)26-14-8-13-25(33-26)18-39-19-29(37-38-39)28-16-27(24-12-7-9-22(15-24)17-32)34-31(35-28)36-30(20-40-2)23-10-5-4-6-11-23/h4-16,19,21,30H,18,20H2,1-3H3,(H,34,35,36). The minimum Gasteiger partial charge on any atom is -0.382 e. The molecule has 2 atom stereocenters. The topological polar surface area (TPSA) is 124 Å². The molecule has 5 rings (SSSR count). The molecule has 0 aliphatic carbocycles. The number of hydrogen-bond donors (Lipinski definition) is 1. The van der Waals surface area contributed by atoms with Crippen LogP contribution in [0.25, 0.3) is 22.6 Å². The Hall–Kier alpha value is -4.98. The third-order valence-corrected chi connectivity index (χ3v) is 6.58.